The van der Waals surface area contributed by atoms with E-state index in [0.717, 1.165) is 24.4 Å². The number of hydrogen-bond acceptors (Lipinski definition) is 2. The summed E-state index contributed by atoms with van der Waals surface area (Å²) in [5.74, 6) is 1.72. The van der Waals surface area contributed by atoms with Crippen LogP contribution >= 0.6 is 0 Å². The average Bonchev–Trinajstić information content (AvgIpc) is 2.34. The lowest BCUT2D eigenvalue weighted by atomic mass is 9.69. The van der Waals surface area contributed by atoms with E-state index >= 15 is 0 Å². The van der Waals surface area contributed by atoms with Crippen molar-refractivity contribution in [2.24, 2.45) is 17.6 Å². The van der Waals surface area contributed by atoms with E-state index in [2.05, 4.69) is 25.7 Å². The van der Waals surface area contributed by atoms with Crippen LogP contribution in [0.1, 0.15) is 59.3 Å². The number of rotatable bonds is 2. The fourth-order valence-corrected chi connectivity index (χ4v) is 4.05. The van der Waals surface area contributed by atoms with Gasteiger partial charge in [0.1, 0.15) is 0 Å². The topological polar surface area (TPSA) is 29.3 Å². The van der Waals surface area contributed by atoms with Crippen LogP contribution in [0.4, 0.5) is 0 Å². The van der Waals surface area contributed by atoms with Crippen molar-refractivity contribution in [3.8, 4) is 0 Å². The van der Waals surface area contributed by atoms with Gasteiger partial charge in [0.05, 0.1) is 0 Å². The third-order valence-electron chi connectivity index (χ3n) is 5.53. The SMILES string of the molecule is CC1CCC(CN)(N2CCCCC2C)CC1C. The van der Waals surface area contributed by atoms with E-state index in [1.54, 1.807) is 0 Å². The lowest BCUT2D eigenvalue weighted by molar-refractivity contribution is -0.0206. The molecule has 0 bridgehead atoms. The van der Waals surface area contributed by atoms with E-state index in [1.807, 2.05) is 0 Å². The minimum absolute atomic E-state index is 0.325. The van der Waals surface area contributed by atoms with Crippen molar-refractivity contribution in [1.29, 1.82) is 0 Å². The molecule has 2 rings (SSSR count). The molecule has 1 saturated heterocycles. The molecule has 4 atom stereocenters. The van der Waals surface area contributed by atoms with Crippen molar-refractivity contribution < 1.29 is 0 Å². The standard InChI is InChI=1S/C15H30N2/c1-12-7-8-15(11-16,10-13(12)2)17-9-5-4-6-14(17)3/h12-14H,4-11,16H2,1-3H3. The molecular formula is C15H30N2. The van der Waals surface area contributed by atoms with E-state index in [9.17, 15) is 0 Å². The Morgan fingerprint density at radius 1 is 1.12 bits per heavy atom. The van der Waals surface area contributed by atoms with E-state index in [1.165, 1.54) is 45.1 Å². The van der Waals surface area contributed by atoms with Crippen LogP contribution in [0.25, 0.3) is 0 Å². The number of hydrogen-bond donors (Lipinski definition) is 1. The highest BCUT2D eigenvalue weighted by molar-refractivity contribution is 4.99. The molecule has 0 aromatic rings. The molecule has 0 aromatic heterocycles. The Morgan fingerprint density at radius 2 is 1.88 bits per heavy atom. The molecule has 2 N–H and O–H groups in total. The second kappa shape index (κ2) is 5.27. The summed E-state index contributed by atoms with van der Waals surface area (Å²) in [5.41, 5.74) is 6.52. The highest BCUT2D eigenvalue weighted by Crippen LogP contribution is 2.41. The monoisotopic (exact) mass is 238 g/mol. The molecule has 0 radical (unpaired) electrons. The average molecular weight is 238 g/mol. The van der Waals surface area contributed by atoms with Crippen LogP contribution in [0, 0.1) is 11.8 Å². The Morgan fingerprint density at radius 3 is 2.47 bits per heavy atom. The van der Waals surface area contributed by atoms with Crippen molar-refractivity contribution in [2.75, 3.05) is 13.1 Å². The van der Waals surface area contributed by atoms with Gasteiger partial charge in [-0.1, -0.05) is 20.3 Å². The molecule has 2 heteroatoms. The van der Waals surface area contributed by atoms with Gasteiger partial charge in [0.2, 0.25) is 0 Å². The van der Waals surface area contributed by atoms with Crippen molar-refractivity contribution in [2.45, 2.75) is 70.9 Å². The number of nitrogens with zero attached hydrogens (tertiary/aromatic N) is 1. The van der Waals surface area contributed by atoms with Crippen LogP contribution in [-0.4, -0.2) is 29.6 Å². The normalized spacial score (nSPS) is 44.8. The molecule has 1 aliphatic carbocycles. The summed E-state index contributed by atoms with van der Waals surface area (Å²) in [5, 5.41) is 0. The Kier molecular flexibility index (Phi) is 4.14. The maximum Gasteiger partial charge on any atom is 0.0337 e. The second-order valence-electron chi connectivity index (χ2n) is 6.66. The van der Waals surface area contributed by atoms with Gasteiger partial charge in [0.25, 0.3) is 0 Å². The molecule has 2 nitrogen and oxygen atoms in total. The van der Waals surface area contributed by atoms with Crippen LogP contribution < -0.4 is 5.73 Å². The van der Waals surface area contributed by atoms with Crippen LogP contribution in [-0.2, 0) is 0 Å². The minimum Gasteiger partial charge on any atom is -0.329 e. The van der Waals surface area contributed by atoms with Gasteiger partial charge in [-0.15, -0.1) is 0 Å². The number of likely N-dealkylation sites (tertiary alicyclic amines) is 1. The maximum absolute atomic E-state index is 6.20. The molecule has 0 aromatic carbocycles. The Hall–Kier alpha value is -0.0800. The zero-order valence-corrected chi connectivity index (χ0v) is 11.9. The summed E-state index contributed by atoms with van der Waals surface area (Å²) in [6, 6.07) is 0.743. The highest BCUT2D eigenvalue weighted by Gasteiger charge is 2.43. The summed E-state index contributed by atoms with van der Waals surface area (Å²) < 4.78 is 0. The van der Waals surface area contributed by atoms with Crippen LogP contribution in [0.2, 0.25) is 0 Å². The maximum atomic E-state index is 6.20. The molecule has 1 saturated carbocycles. The molecule has 1 heterocycles. The van der Waals surface area contributed by atoms with Gasteiger partial charge in [-0.25, -0.2) is 0 Å². The smallest absolute Gasteiger partial charge is 0.0337 e. The lowest BCUT2D eigenvalue weighted by Gasteiger charge is -2.53. The third kappa shape index (κ3) is 2.53. The first-order valence-electron chi connectivity index (χ1n) is 7.56. The lowest BCUT2D eigenvalue weighted by Crippen LogP contribution is -2.61. The zero-order chi connectivity index (χ0) is 12.5. The Bertz CT molecular complexity index is 253. The van der Waals surface area contributed by atoms with Crippen molar-refractivity contribution in [1.82, 2.24) is 4.90 Å². The summed E-state index contributed by atoms with van der Waals surface area (Å²) in [4.78, 5) is 2.76. The quantitative estimate of drug-likeness (QED) is 0.801. The molecule has 1 aliphatic heterocycles. The third-order valence-corrected chi connectivity index (χ3v) is 5.53. The Labute approximate surface area is 107 Å². The predicted molar refractivity (Wildman–Crippen MR) is 74.0 cm³/mol. The van der Waals surface area contributed by atoms with Crippen LogP contribution in [0.5, 0.6) is 0 Å². The highest BCUT2D eigenvalue weighted by atomic mass is 15.2. The minimum atomic E-state index is 0.325. The molecular weight excluding hydrogens is 208 g/mol. The molecule has 100 valence electrons. The molecule has 17 heavy (non-hydrogen) atoms. The fraction of sp³-hybridized carbons (Fsp3) is 1.00. The van der Waals surface area contributed by atoms with E-state index in [0.29, 0.717) is 5.54 Å². The van der Waals surface area contributed by atoms with Gasteiger partial charge < -0.3 is 5.73 Å². The van der Waals surface area contributed by atoms with Crippen LogP contribution in [0.3, 0.4) is 0 Å². The summed E-state index contributed by atoms with van der Waals surface area (Å²) >= 11 is 0. The first-order valence-corrected chi connectivity index (χ1v) is 7.56. The van der Waals surface area contributed by atoms with Gasteiger partial charge in [-0.05, 0) is 57.4 Å². The first kappa shape index (κ1) is 13.4. The molecule has 0 spiro atoms. The fourth-order valence-electron chi connectivity index (χ4n) is 4.05. The van der Waals surface area contributed by atoms with Crippen molar-refractivity contribution >= 4 is 0 Å². The zero-order valence-electron chi connectivity index (χ0n) is 11.9. The predicted octanol–water partition coefficient (Wildman–Crippen LogP) is 3.01. The number of piperidine rings is 1. The second-order valence-corrected chi connectivity index (χ2v) is 6.66. The molecule has 0 amide bonds. The van der Waals surface area contributed by atoms with E-state index in [-0.39, 0.29) is 0 Å². The van der Waals surface area contributed by atoms with E-state index < -0.39 is 0 Å². The van der Waals surface area contributed by atoms with Gasteiger partial charge in [0, 0.05) is 18.1 Å². The van der Waals surface area contributed by atoms with Gasteiger partial charge in [-0.3, -0.25) is 4.90 Å². The van der Waals surface area contributed by atoms with Gasteiger partial charge in [-0.2, -0.15) is 0 Å². The van der Waals surface area contributed by atoms with E-state index in [4.69, 9.17) is 5.73 Å². The van der Waals surface area contributed by atoms with Gasteiger partial charge >= 0.3 is 0 Å². The van der Waals surface area contributed by atoms with Gasteiger partial charge in [0.15, 0.2) is 0 Å². The van der Waals surface area contributed by atoms with Crippen LogP contribution in [0.15, 0.2) is 0 Å². The van der Waals surface area contributed by atoms with Crippen molar-refractivity contribution in [3.05, 3.63) is 0 Å². The molecule has 2 aliphatic rings. The Balaban J connectivity index is 2.13. The first-order chi connectivity index (χ1) is 8.09. The summed E-state index contributed by atoms with van der Waals surface area (Å²) in [6.45, 7) is 9.36. The molecule has 4 unspecified atom stereocenters. The summed E-state index contributed by atoms with van der Waals surface area (Å²) in [7, 11) is 0. The number of nitrogens with two attached hydrogens (primary N) is 1. The van der Waals surface area contributed by atoms with Crippen molar-refractivity contribution in [3.63, 3.8) is 0 Å². The largest absolute Gasteiger partial charge is 0.329 e. The molecule has 2 fully saturated rings. The summed E-state index contributed by atoms with van der Waals surface area (Å²) in [6.07, 6.45) is 8.14.